The lowest BCUT2D eigenvalue weighted by molar-refractivity contribution is 0.108. The lowest BCUT2D eigenvalue weighted by Crippen LogP contribution is -2.21. The van der Waals surface area contributed by atoms with Crippen LogP contribution in [0.5, 0.6) is 11.6 Å². The Labute approximate surface area is 208 Å². The summed E-state index contributed by atoms with van der Waals surface area (Å²) >= 11 is 0. The Morgan fingerprint density at radius 3 is 2.50 bits per heavy atom. The molecule has 36 heavy (non-hydrogen) atoms. The topological polar surface area (TPSA) is 130 Å². The number of nitrogen functional groups attached to an aromatic ring is 2. The van der Waals surface area contributed by atoms with Crippen LogP contribution in [0.1, 0.15) is 38.6 Å². The Bertz CT molecular complexity index is 1440. The minimum absolute atomic E-state index is 0.0578. The summed E-state index contributed by atoms with van der Waals surface area (Å²) in [5, 5.41) is 3.78. The molecule has 9 heteroatoms. The number of fused-ring (bicyclic) bond motifs is 1. The molecule has 0 radical (unpaired) electrons. The van der Waals surface area contributed by atoms with Crippen molar-refractivity contribution in [3.63, 3.8) is 0 Å². The molecule has 0 bridgehead atoms. The number of anilines is 3. The average Bonchev–Trinajstić information content (AvgIpc) is 3.79. The molecule has 0 spiro atoms. The molecule has 184 valence electrons. The number of carbonyl (C=O) groups is 1. The van der Waals surface area contributed by atoms with Gasteiger partial charge in [-0.3, -0.25) is 5.32 Å². The molecule has 5 N–H and O–H groups in total. The molecule has 0 saturated heterocycles. The predicted octanol–water partition coefficient (Wildman–Crippen LogP) is 5.74. The normalized spacial score (nSPS) is 16.0. The van der Waals surface area contributed by atoms with Crippen LogP contribution in [0.2, 0.25) is 0 Å². The van der Waals surface area contributed by atoms with Gasteiger partial charge in [-0.15, -0.1) is 0 Å². The van der Waals surface area contributed by atoms with Crippen molar-refractivity contribution < 1.29 is 14.3 Å². The number of hydrogen-bond acceptors (Lipinski definition) is 7. The van der Waals surface area contributed by atoms with Crippen molar-refractivity contribution in [1.29, 1.82) is 0 Å². The van der Waals surface area contributed by atoms with Crippen molar-refractivity contribution in [3.8, 4) is 22.9 Å². The largest absolute Gasteiger partial charge is 0.446 e. The lowest BCUT2D eigenvalue weighted by Gasteiger charge is -2.14. The van der Waals surface area contributed by atoms with Gasteiger partial charge in [-0.2, -0.15) is 0 Å². The zero-order chi connectivity index (χ0) is 24.8. The summed E-state index contributed by atoms with van der Waals surface area (Å²) in [7, 11) is 0. The van der Waals surface area contributed by atoms with E-state index in [1.165, 1.54) is 6.20 Å². The molecule has 2 aliphatic carbocycles. The van der Waals surface area contributed by atoms with Crippen LogP contribution in [-0.2, 0) is 4.74 Å². The first-order valence-corrected chi connectivity index (χ1v) is 12.2. The summed E-state index contributed by atoms with van der Waals surface area (Å²) in [5.41, 5.74) is 16.9. The summed E-state index contributed by atoms with van der Waals surface area (Å²) in [5.74, 6) is 1.60. The first-order chi connectivity index (χ1) is 17.5. The van der Waals surface area contributed by atoms with Crippen LogP contribution in [0.4, 0.5) is 22.0 Å². The van der Waals surface area contributed by atoms with Crippen LogP contribution in [0.15, 0.2) is 54.9 Å². The standard InChI is InChI=1S/C27H28N6O3/c1-15(16-2-3-16)35-27(34)32-18-6-4-17(5-7-18)24-23(28)21-11-10-20(14-22(21)33(24)19-8-9-19)36-26-25(29)30-12-13-31-26/h4-7,10-16,19H,2-3,8-9,28H2,1H3,(H2,29,30)(H,32,34)/t15-/m1/s1. The molecule has 2 fully saturated rings. The third-order valence-electron chi connectivity index (χ3n) is 6.82. The van der Waals surface area contributed by atoms with Gasteiger partial charge in [-0.1, -0.05) is 12.1 Å². The molecule has 2 aromatic carbocycles. The van der Waals surface area contributed by atoms with Crippen LogP contribution in [-0.4, -0.2) is 26.7 Å². The molecule has 0 unspecified atom stereocenters. The molecule has 0 aliphatic heterocycles. The van der Waals surface area contributed by atoms with Crippen molar-refractivity contribution in [2.75, 3.05) is 16.8 Å². The van der Waals surface area contributed by atoms with Gasteiger partial charge in [0.1, 0.15) is 11.9 Å². The third kappa shape index (κ3) is 4.28. The maximum atomic E-state index is 12.2. The Balaban J connectivity index is 1.29. The zero-order valence-electron chi connectivity index (χ0n) is 20.0. The van der Waals surface area contributed by atoms with E-state index in [9.17, 15) is 4.79 Å². The highest BCUT2D eigenvalue weighted by Gasteiger charge is 2.31. The lowest BCUT2D eigenvalue weighted by atomic mass is 10.1. The van der Waals surface area contributed by atoms with Crippen molar-refractivity contribution in [1.82, 2.24) is 14.5 Å². The molecule has 2 heterocycles. The maximum absolute atomic E-state index is 12.2. The smallest absolute Gasteiger partial charge is 0.411 e. The monoisotopic (exact) mass is 484 g/mol. The summed E-state index contributed by atoms with van der Waals surface area (Å²) in [6, 6.07) is 13.8. The fourth-order valence-electron chi connectivity index (χ4n) is 4.60. The van der Waals surface area contributed by atoms with E-state index < -0.39 is 6.09 Å². The molecule has 1 amide bonds. The predicted molar refractivity (Wildman–Crippen MR) is 139 cm³/mol. The van der Waals surface area contributed by atoms with Crippen LogP contribution >= 0.6 is 0 Å². The summed E-state index contributed by atoms with van der Waals surface area (Å²) in [6.07, 6.45) is 7.01. The van der Waals surface area contributed by atoms with Crippen LogP contribution in [0, 0.1) is 5.92 Å². The van der Waals surface area contributed by atoms with Crippen molar-refractivity contribution in [2.24, 2.45) is 5.92 Å². The Morgan fingerprint density at radius 1 is 1.06 bits per heavy atom. The van der Waals surface area contributed by atoms with Crippen LogP contribution in [0.3, 0.4) is 0 Å². The molecule has 2 saturated carbocycles. The summed E-state index contributed by atoms with van der Waals surface area (Å²) < 4.78 is 13.7. The van der Waals surface area contributed by atoms with E-state index in [1.54, 1.807) is 6.20 Å². The fourth-order valence-corrected chi connectivity index (χ4v) is 4.60. The molecule has 2 aliphatic rings. The Morgan fingerprint density at radius 2 is 1.81 bits per heavy atom. The van der Waals surface area contributed by atoms with Gasteiger partial charge in [0.2, 0.25) is 0 Å². The number of carbonyl (C=O) groups excluding carboxylic acids is 1. The average molecular weight is 485 g/mol. The fraction of sp³-hybridized carbons (Fsp3) is 0.296. The zero-order valence-corrected chi connectivity index (χ0v) is 20.0. The van der Waals surface area contributed by atoms with E-state index >= 15 is 0 Å². The van der Waals surface area contributed by atoms with E-state index in [0.717, 1.165) is 47.8 Å². The minimum atomic E-state index is -0.426. The molecule has 2 aromatic heterocycles. The third-order valence-corrected chi connectivity index (χ3v) is 6.82. The highest BCUT2D eigenvalue weighted by atomic mass is 16.6. The minimum Gasteiger partial charge on any atom is -0.446 e. The van der Waals surface area contributed by atoms with Gasteiger partial charge in [0.05, 0.1) is 16.9 Å². The molecule has 6 rings (SSSR count). The van der Waals surface area contributed by atoms with E-state index in [1.807, 2.05) is 49.4 Å². The van der Waals surface area contributed by atoms with Gasteiger partial charge >= 0.3 is 6.09 Å². The Hall–Kier alpha value is -4.27. The van der Waals surface area contributed by atoms with E-state index in [0.29, 0.717) is 29.1 Å². The number of ether oxygens (including phenoxy) is 2. The number of benzene rings is 2. The first kappa shape index (κ1) is 22.2. The molecular weight excluding hydrogens is 456 g/mol. The van der Waals surface area contributed by atoms with E-state index in [-0.39, 0.29) is 17.8 Å². The second kappa shape index (κ2) is 8.75. The van der Waals surface area contributed by atoms with Crippen molar-refractivity contribution >= 4 is 34.2 Å². The molecule has 4 aromatic rings. The van der Waals surface area contributed by atoms with Crippen LogP contribution < -0.4 is 21.5 Å². The quantitative estimate of drug-likeness (QED) is 0.305. The second-order valence-electron chi connectivity index (χ2n) is 9.54. The number of amides is 1. The van der Waals surface area contributed by atoms with Gasteiger partial charge in [0.15, 0.2) is 5.82 Å². The number of hydrogen-bond donors (Lipinski definition) is 3. The number of nitrogens with one attached hydrogen (secondary N) is 1. The second-order valence-corrected chi connectivity index (χ2v) is 9.54. The summed E-state index contributed by atoms with van der Waals surface area (Å²) in [4.78, 5) is 20.4. The highest BCUT2D eigenvalue weighted by molar-refractivity contribution is 6.02. The molecule has 9 nitrogen and oxygen atoms in total. The SMILES string of the molecule is C[C@@H](OC(=O)Nc1ccc(-c2c(N)c3ccc(Oc4nccnc4N)cc3n2C2CC2)cc1)C1CC1. The number of rotatable bonds is 7. The number of nitrogens with zero attached hydrogens (tertiary/aromatic N) is 3. The van der Waals surface area contributed by atoms with Crippen LogP contribution in [0.25, 0.3) is 22.2 Å². The highest BCUT2D eigenvalue weighted by Crippen LogP contribution is 2.47. The molecular formula is C27H28N6O3. The van der Waals surface area contributed by atoms with E-state index in [4.69, 9.17) is 20.9 Å². The van der Waals surface area contributed by atoms with Gasteiger partial charge in [0, 0.05) is 41.1 Å². The van der Waals surface area contributed by atoms with E-state index in [2.05, 4.69) is 19.9 Å². The van der Waals surface area contributed by atoms with Gasteiger partial charge in [-0.25, -0.2) is 14.8 Å². The van der Waals surface area contributed by atoms with Gasteiger partial charge < -0.3 is 25.5 Å². The van der Waals surface area contributed by atoms with Crippen molar-refractivity contribution in [3.05, 3.63) is 54.9 Å². The summed E-state index contributed by atoms with van der Waals surface area (Å²) in [6.45, 7) is 1.94. The molecule has 1 atom stereocenters. The van der Waals surface area contributed by atoms with Gasteiger partial charge in [-0.05, 0) is 62.8 Å². The number of aromatic nitrogens is 3. The Kier molecular flexibility index (Phi) is 5.40. The number of nitrogens with two attached hydrogens (primary N) is 2. The maximum Gasteiger partial charge on any atom is 0.411 e. The van der Waals surface area contributed by atoms with Gasteiger partial charge in [0.25, 0.3) is 5.88 Å². The first-order valence-electron chi connectivity index (χ1n) is 12.2. The van der Waals surface area contributed by atoms with Crippen molar-refractivity contribution in [2.45, 2.75) is 44.8 Å².